The Morgan fingerprint density at radius 3 is 1.59 bits per heavy atom. The molecule has 0 aliphatic rings. The largest absolute Gasteiger partial charge is 0.426 e. The van der Waals surface area contributed by atoms with Crippen LogP contribution in [0, 0.1) is 5.92 Å². The molecule has 0 heterocycles. The van der Waals surface area contributed by atoms with Gasteiger partial charge in [-0.3, -0.25) is 0 Å². The first-order valence-corrected chi connectivity index (χ1v) is 6.44. The van der Waals surface area contributed by atoms with E-state index in [0.29, 0.717) is 6.92 Å². The molecule has 2 atom stereocenters. The first kappa shape index (κ1) is 21.3. The average Bonchev–Trinajstić information content (AvgIpc) is 2.29. The van der Waals surface area contributed by atoms with E-state index in [9.17, 15) is 44.6 Å². The van der Waals surface area contributed by atoms with Crippen LogP contribution in [0.4, 0.5) is 39.5 Å². The molecule has 0 aromatic heterocycles. The summed E-state index contributed by atoms with van der Waals surface area (Å²) in [4.78, 5) is 0. The van der Waals surface area contributed by atoms with Crippen molar-refractivity contribution in [2.24, 2.45) is 5.92 Å². The Labute approximate surface area is 121 Å². The quantitative estimate of drug-likeness (QED) is 0.640. The summed E-state index contributed by atoms with van der Waals surface area (Å²) in [5.74, 6) is -6.29. The van der Waals surface area contributed by atoms with Crippen molar-refractivity contribution in [2.75, 3.05) is 0 Å². The van der Waals surface area contributed by atoms with Crippen molar-refractivity contribution in [2.45, 2.75) is 69.6 Å². The molecule has 1 nitrogen and oxygen atoms in total. The van der Waals surface area contributed by atoms with Crippen molar-refractivity contribution in [3.63, 3.8) is 0 Å². The van der Waals surface area contributed by atoms with Gasteiger partial charge in [-0.1, -0.05) is 6.92 Å². The Kier molecular flexibility index (Phi) is 6.63. The van der Waals surface area contributed by atoms with Gasteiger partial charge in [0.25, 0.3) is 5.60 Å². The number of hydrogen-bond donors (Lipinski definition) is 1. The number of rotatable bonds is 7. The van der Waals surface area contributed by atoms with E-state index < -0.39 is 61.6 Å². The molecule has 0 saturated carbocycles. The molecular weight excluding hydrogens is 331 g/mol. The first-order valence-electron chi connectivity index (χ1n) is 6.44. The summed E-state index contributed by atoms with van der Waals surface area (Å²) < 4.78 is 115. The highest BCUT2D eigenvalue weighted by molar-refractivity contribution is 5.00. The van der Waals surface area contributed by atoms with Crippen LogP contribution in [0.2, 0.25) is 0 Å². The van der Waals surface area contributed by atoms with Crippen LogP contribution in [0.5, 0.6) is 0 Å². The lowest BCUT2D eigenvalue weighted by Gasteiger charge is -2.39. The molecular formula is C12H17F9O. The van der Waals surface area contributed by atoms with E-state index >= 15 is 0 Å². The molecule has 0 radical (unpaired) electrons. The van der Waals surface area contributed by atoms with Gasteiger partial charge in [0.05, 0.1) is 0 Å². The summed E-state index contributed by atoms with van der Waals surface area (Å²) in [5, 5.41) is 9.22. The lowest BCUT2D eigenvalue weighted by Crippen LogP contribution is -2.62. The highest BCUT2D eigenvalue weighted by Crippen LogP contribution is 2.51. The zero-order valence-electron chi connectivity index (χ0n) is 11.8. The molecule has 1 N–H and O–H groups in total. The van der Waals surface area contributed by atoms with Crippen LogP contribution in [-0.2, 0) is 0 Å². The summed E-state index contributed by atoms with van der Waals surface area (Å²) in [6, 6.07) is 0. The third-order valence-corrected chi connectivity index (χ3v) is 3.37. The second-order valence-electron chi connectivity index (χ2n) is 5.31. The van der Waals surface area contributed by atoms with E-state index in [0.717, 1.165) is 0 Å². The highest BCUT2D eigenvalue weighted by atomic mass is 19.4. The number of hydrogen-bond acceptors (Lipinski definition) is 1. The predicted octanol–water partition coefficient (Wildman–Crippen LogP) is 5.03. The fourth-order valence-corrected chi connectivity index (χ4v) is 2.02. The standard InChI is InChI=1S/C12H17F9O/c1-3-8(13)6-7(4-5-9(2,14)15)10(22,11(16,17)18)12(19,20)21/h7-8,22H,3-6H2,1-2H3. The van der Waals surface area contributed by atoms with Gasteiger partial charge in [0.2, 0.25) is 5.92 Å². The lowest BCUT2D eigenvalue weighted by atomic mass is 9.78. The molecule has 2 unspecified atom stereocenters. The van der Waals surface area contributed by atoms with E-state index in [1.807, 2.05) is 0 Å². The molecule has 0 aromatic carbocycles. The van der Waals surface area contributed by atoms with Crippen LogP contribution >= 0.6 is 0 Å². The Morgan fingerprint density at radius 1 is 0.909 bits per heavy atom. The van der Waals surface area contributed by atoms with Gasteiger partial charge in [-0.15, -0.1) is 0 Å². The maximum Gasteiger partial charge on any atom is 0.426 e. The lowest BCUT2D eigenvalue weighted by molar-refractivity contribution is -0.387. The number of aliphatic hydroxyl groups is 1. The van der Waals surface area contributed by atoms with E-state index in [4.69, 9.17) is 0 Å². The molecule has 10 heteroatoms. The van der Waals surface area contributed by atoms with Crippen LogP contribution in [0.25, 0.3) is 0 Å². The molecule has 0 aliphatic carbocycles. The molecule has 22 heavy (non-hydrogen) atoms. The van der Waals surface area contributed by atoms with Crippen molar-refractivity contribution < 1.29 is 44.6 Å². The summed E-state index contributed by atoms with van der Waals surface area (Å²) >= 11 is 0. The van der Waals surface area contributed by atoms with E-state index in [2.05, 4.69) is 0 Å². The van der Waals surface area contributed by atoms with Crippen molar-refractivity contribution in [3.05, 3.63) is 0 Å². The van der Waals surface area contributed by atoms with Gasteiger partial charge in [0.1, 0.15) is 6.17 Å². The zero-order valence-corrected chi connectivity index (χ0v) is 11.8. The zero-order chi connectivity index (χ0) is 18.0. The summed E-state index contributed by atoms with van der Waals surface area (Å²) in [5.41, 5.74) is -5.23. The molecule has 134 valence electrons. The SMILES string of the molecule is CCC(F)CC(CCC(C)(F)F)C(O)(C(F)(F)F)C(F)(F)F. The first-order chi connectivity index (χ1) is 9.56. The Morgan fingerprint density at radius 2 is 1.32 bits per heavy atom. The minimum atomic E-state index is -6.16. The summed E-state index contributed by atoms with van der Waals surface area (Å²) in [6.07, 6.45) is -18.8. The van der Waals surface area contributed by atoms with Gasteiger partial charge in [-0.05, 0) is 26.2 Å². The molecule has 0 aromatic rings. The monoisotopic (exact) mass is 348 g/mol. The van der Waals surface area contributed by atoms with E-state index in [1.54, 1.807) is 0 Å². The maximum atomic E-state index is 13.3. The van der Waals surface area contributed by atoms with Gasteiger partial charge in [0.15, 0.2) is 0 Å². The molecule has 0 spiro atoms. The molecule has 0 rings (SSSR count). The average molecular weight is 348 g/mol. The van der Waals surface area contributed by atoms with Gasteiger partial charge in [-0.25, -0.2) is 13.2 Å². The van der Waals surface area contributed by atoms with Gasteiger partial charge in [0, 0.05) is 12.3 Å². The second kappa shape index (κ2) is 6.84. The molecule has 0 fully saturated rings. The molecule has 0 bridgehead atoms. The molecule has 0 amide bonds. The fourth-order valence-electron chi connectivity index (χ4n) is 2.02. The normalized spacial score (nSPS) is 17.5. The number of halogens is 9. The van der Waals surface area contributed by atoms with E-state index in [-0.39, 0.29) is 0 Å². The van der Waals surface area contributed by atoms with Crippen molar-refractivity contribution in [1.29, 1.82) is 0 Å². The van der Waals surface area contributed by atoms with Crippen molar-refractivity contribution >= 4 is 0 Å². The predicted molar refractivity (Wildman–Crippen MR) is 60.2 cm³/mol. The smallest absolute Gasteiger partial charge is 0.373 e. The Balaban J connectivity index is 5.66. The van der Waals surface area contributed by atoms with Crippen LogP contribution in [0.1, 0.15) is 39.5 Å². The fraction of sp³-hybridized carbons (Fsp3) is 1.00. The van der Waals surface area contributed by atoms with Crippen LogP contribution in [-0.4, -0.2) is 35.2 Å². The highest BCUT2D eigenvalue weighted by Gasteiger charge is 2.73. The minimum absolute atomic E-state index is 0.317. The van der Waals surface area contributed by atoms with Crippen LogP contribution in [0.3, 0.4) is 0 Å². The summed E-state index contributed by atoms with van der Waals surface area (Å²) in [7, 11) is 0. The van der Waals surface area contributed by atoms with Crippen molar-refractivity contribution in [1.82, 2.24) is 0 Å². The van der Waals surface area contributed by atoms with Crippen LogP contribution < -0.4 is 0 Å². The number of alkyl halides is 9. The van der Waals surface area contributed by atoms with Crippen molar-refractivity contribution in [3.8, 4) is 0 Å². The van der Waals surface area contributed by atoms with Crippen LogP contribution in [0.15, 0.2) is 0 Å². The molecule has 0 aliphatic heterocycles. The van der Waals surface area contributed by atoms with Gasteiger partial charge in [-0.2, -0.15) is 26.3 Å². The second-order valence-corrected chi connectivity index (χ2v) is 5.31. The Bertz CT molecular complexity index is 328. The Hall–Kier alpha value is -0.670. The molecule has 0 saturated heterocycles. The van der Waals surface area contributed by atoms with Gasteiger partial charge < -0.3 is 5.11 Å². The maximum absolute atomic E-state index is 13.3. The third kappa shape index (κ3) is 5.20. The summed E-state index contributed by atoms with van der Waals surface area (Å²) in [6.45, 7) is 1.49. The van der Waals surface area contributed by atoms with Gasteiger partial charge >= 0.3 is 12.4 Å². The van der Waals surface area contributed by atoms with E-state index in [1.165, 1.54) is 6.92 Å². The topological polar surface area (TPSA) is 20.2 Å². The third-order valence-electron chi connectivity index (χ3n) is 3.37. The minimum Gasteiger partial charge on any atom is -0.373 e.